The lowest BCUT2D eigenvalue weighted by Gasteiger charge is -2.20. The summed E-state index contributed by atoms with van der Waals surface area (Å²) in [5, 5.41) is 3.44. The molecule has 0 aliphatic carbocycles. The molecule has 0 saturated heterocycles. The Morgan fingerprint density at radius 1 is 1.18 bits per heavy atom. The van der Waals surface area contributed by atoms with Gasteiger partial charge in [0.2, 0.25) is 0 Å². The molecule has 0 fully saturated rings. The van der Waals surface area contributed by atoms with Crippen molar-refractivity contribution in [2.24, 2.45) is 0 Å². The zero-order valence-electron chi connectivity index (χ0n) is 15.8. The number of para-hydroxylation sites is 1. The minimum absolute atomic E-state index is 0.185. The Labute approximate surface area is 169 Å². The van der Waals surface area contributed by atoms with E-state index in [1.807, 2.05) is 31.2 Å². The fraction of sp³-hybridized carbons (Fsp3) is 0.381. The number of hydrogen-bond donors (Lipinski definition) is 1. The second kappa shape index (κ2) is 10.2. The highest BCUT2D eigenvalue weighted by Gasteiger charge is 2.17. The second-order valence-electron chi connectivity index (χ2n) is 6.15. The molecule has 6 nitrogen and oxygen atoms in total. The summed E-state index contributed by atoms with van der Waals surface area (Å²) in [7, 11) is 0. The van der Waals surface area contributed by atoms with E-state index >= 15 is 0 Å². The quantitative estimate of drug-likeness (QED) is 0.647. The minimum atomic E-state index is -0.185. The van der Waals surface area contributed by atoms with Crippen LogP contribution < -0.4 is 19.5 Å². The molecular formula is C21H24ClNO5. The third-order valence-corrected chi connectivity index (χ3v) is 4.46. The molecule has 0 aromatic heterocycles. The van der Waals surface area contributed by atoms with E-state index in [2.05, 4.69) is 5.32 Å². The molecule has 2 aromatic carbocycles. The van der Waals surface area contributed by atoms with Gasteiger partial charge in [0, 0.05) is 13.2 Å². The predicted octanol–water partition coefficient (Wildman–Crippen LogP) is 3.50. The Morgan fingerprint density at radius 3 is 2.86 bits per heavy atom. The van der Waals surface area contributed by atoms with Crippen LogP contribution in [0.5, 0.6) is 17.2 Å². The van der Waals surface area contributed by atoms with Gasteiger partial charge in [-0.25, -0.2) is 0 Å². The van der Waals surface area contributed by atoms with Gasteiger partial charge in [0.15, 0.2) is 11.5 Å². The van der Waals surface area contributed by atoms with Gasteiger partial charge in [0.25, 0.3) is 5.91 Å². The first kappa shape index (κ1) is 20.3. The highest BCUT2D eigenvalue weighted by atomic mass is 35.5. The summed E-state index contributed by atoms with van der Waals surface area (Å²) in [5.41, 5.74) is 1.47. The SMILES string of the molecule is CCOCCOc1ccccc1C(=O)NCCc1cc(Cl)c2c(c1)OCCO2. The first-order chi connectivity index (χ1) is 13.7. The summed E-state index contributed by atoms with van der Waals surface area (Å²) in [5.74, 6) is 1.59. The van der Waals surface area contributed by atoms with Crippen molar-refractivity contribution >= 4 is 17.5 Å². The molecule has 0 bridgehead atoms. The number of carbonyl (C=O) groups is 1. The van der Waals surface area contributed by atoms with Crippen molar-refractivity contribution in [1.82, 2.24) is 5.32 Å². The van der Waals surface area contributed by atoms with Crippen LogP contribution >= 0.6 is 11.6 Å². The van der Waals surface area contributed by atoms with Crippen LogP contribution in [-0.4, -0.2) is 45.5 Å². The van der Waals surface area contributed by atoms with Crippen molar-refractivity contribution in [3.63, 3.8) is 0 Å². The molecule has 2 aromatic rings. The van der Waals surface area contributed by atoms with E-state index in [0.29, 0.717) is 73.8 Å². The number of carbonyl (C=O) groups excluding carboxylic acids is 1. The van der Waals surface area contributed by atoms with Gasteiger partial charge in [0.1, 0.15) is 25.6 Å². The van der Waals surface area contributed by atoms with Crippen molar-refractivity contribution in [1.29, 1.82) is 0 Å². The molecular weight excluding hydrogens is 382 g/mol. The monoisotopic (exact) mass is 405 g/mol. The molecule has 1 amide bonds. The van der Waals surface area contributed by atoms with Crippen LogP contribution in [0.25, 0.3) is 0 Å². The van der Waals surface area contributed by atoms with Crippen LogP contribution in [-0.2, 0) is 11.2 Å². The first-order valence-corrected chi connectivity index (χ1v) is 9.72. The molecule has 150 valence electrons. The van der Waals surface area contributed by atoms with Crippen LogP contribution in [0, 0.1) is 0 Å². The van der Waals surface area contributed by atoms with Crippen LogP contribution in [0.15, 0.2) is 36.4 Å². The summed E-state index contributed by atoms with van der Waals surface area (Å²) in [6.07, 6.45) is 0.621. The average molecular weight is 406 g/mol. The van der Waals surface area contributed by atoms with Crippen molar-refractivity contribution in [2.75, 3.05) is 39.6 Å². The molecule has 1 aliphatic rings. The Balaban J connectivity index is 1.55. The van der Waals surface area contributed by atoms with Crippen LogP contribution in [0.3, 0.4) is 0 Å². The third-order valence-electron chi connectivity index (χ3n) is 4.18. The van der Waals surface area contributed by atoms with Gasteiger partial charge in [-0.2, -0.15) is 0 Å². The number of halogens is 1. The number of benzene rings is 2. The van der Waals surface area contributed by atoms with E-state index in [-0.39, 0.29) is 5.91 Å². The van der Waals surface area contributed by atoms with Crippen LogP contribution in [0.4, 0.5) is 0 Å². The summed E-state index contributed by atoms with van der Waals surface area (Å²) in [4.78, 5) is 12.6. The van der Waals surface area contributed by atoms with Gasteiger partial charge in [0.05, 0.1) is 17.2 Å². The zero-order chi connectivity index (χ0) is 19.8. The van der Waals surface area contributed by atoms with Gasteiger partial charge < -0.3 is 24.3 Å². The molecule has 1 heterocycles. The van der Waals surface area contributed by atoms with Gasteiger partial charge in [-0.05, 0) is 43.2 Å². The molecule has 1 aliphatic heterocycles. The number of fused-ring (bicyclic) bond motifs is 1. The molecule has 1 N–H and O–H groups in total. The standard InChI is InChI=1S/C21H24ClNO5/c1-2-25-9-10-26-18-6-4-3-5-16(18)21(24)23-8-7-15-13-17(22)20-19(14-15)27-11-12-28-20/h3-6,13-14H,2,7-12H2,1H3,(H,23,24). The highest BCUT2D eigenvalue weighted by Crippen LogP contribution is 2.38. The van der Waals surface area contributed by atoms with E-state index in [1.54, 1.807) is 12.1 Å². The highest BCUT2D eigenvalue weighted by molar-refractivity contribution is 6.32. The predicted molar refractivity (Wildman–Crippen MR) is 107 cm³/mol. The number of amides is 1. The molecule has 3 rings (SSSR count). The molecule has 28 heavy (non-hydrogen) atoms. The number of hydrogen-bond acceptors (Lipinski definition) is 5. The first-order valence-electron chi connectivity index (χ1n) is 9.35. The second-order valence-corrected chi connectivity index (χ2v) is 6.56. The van der Waals surface area contributed by atoms with E-state index in [9.17, 15) is 4.79 Å². The molecule has 0 unspecified atom stereocenters. The molecule has 0 spiro atoms. The lowest BCUT2D eigenvalue weighted by atomic mass is 10.1. The molecule has 7 heteroatoms. The fourth-order valence-corrected chi connectivity index (χ4v) is 3.15. The number of ether oxygens (including phenoxy) is 4. The molecule has 0 radical (unpaired) electrons. The number of rotatable bonds is 9. The summed E-state index contributed by atoms with van der Waals surface area (Å²) >= 11 is 6.26. The van der Waals surface area contributed by atoms with Crippen LogP contribution in [0.2, 0.25) is 5.02 Å². The van der Waals surface area contributed by atoms with Crippen molar-refractivity contribution in [3.8, 4) is 17.2 Å². The lowest BCUT2D eigenvalue weighted by molar-refractivity contribution is 0.0937. The van der Waals surface area contributed by atoms with Crippen LogP contribution in [0.1, 0.15) is 22.8 Å². The average Bonchev–Trinajstić information content (AvgIpc) is 2.71. The van der Waals surface area contributed by atoms with E-state index in [0.717, 1.165) is 5.56 Å². The van der Waals surface area contributed by atoms with Gasteiger partial charge in [-0.3, -0.25) is 4.79 Å². The zero-order valence-corrected chi connectivity index (χ0v) is 16.6. The normalized spacial score (nSPS) is 12.5. The molecule has 0 saturated carbocycles. The van der Waals surface area contributed by atoms with Crippen molar-refractivity contribution in [3.05, 3.63) is 52.5 Å². The van der Waals surface area contributed by atoms with E-state index in [4.69, 9.17) is 30.5 Å². The van der Waals surface area contributed by atoms with Gasteiger partial charge >= 0.3 is 0 Å². The minimum Gasteiger partial charge on any atom is -0.490 e. The summed E-state index contributed by atoms with van der Waals surface area (Å²) in [6.45, 7) is 4.90. The fourth-order valence-electron chi connectivity index (χ4n) is 2.86. The maximum Gasteiger partial charge on any atom is 0.255 e. The Bertz CT molecular complexity index is 811. The molecule has 0 atom stereocenters. The summed E-state index contributed by atoms with van der Waals surface area (Å²) in [6, 6.07) is 10.9. The van der Waals surface area contributed by atoms with E-state index in [1.165, 1.54) is 0 Å². The maximum atomic E-state index is 12.6. The number of nitrogens with one attached hydrogen (secondary N) is 1. The Morgan fingerprint density at radius 2 is 2.00 bits per heavy atom. The smallest absolute Gasteiger partial charge is 0.255 e. The Kier molecular flexibility index (Phi) is 7.39. The van der Waals surface area contributed by atoms with Crippen molar-refractivity contribution < 1.29 is 23.7 Å². The van der Waals surface area contributed by atoms with E-state index < -0.39 is 0 Å². The Hall–Kier alpha value is -2.44. The third kappa shape index (κ3) is 5.30. The van der Waals surface area contributed by atoms with Gasteiger partial charge in [-0.15, -0.1) is 0 Å². The maximum absolute atomic E-state index is 12.6. The summed E-state index contributed by atoms with van der Waals surface area (Å²) < 4.78 is 22.0. The van der Waals surface area contributed by atoms with Crippen molar-refractivity contribution in [2.45, 2.75) is 13.3 Å². The lowest BCUT2D eigenvalue weighted by Crippen LogP contribution is -2.26. The topological polar surface area (TPSA) is 66.0 Å². The largest absolute Gasteiger partial charge is 0.490 e. The van der Waals surface area contributed by atoms with Gasteiger partial charge in [-0.1, -0.05) is 23.7 Å².